The number of nitrogens with one attached hydrogen (secondary N) is 1. The summed E-state index contributed by atoms with van der Waals surface area (Å²) in [7, 11) is 0. The number of aromatic nitrogens is 2. The highest BCUT2D eigenvalue weighted by molar-refractivity contribution is 7.99. The molecule has 2 saturated heterocycles. The van der Waals surface area contributed by atoms with Gasteiger partial charge in [-0.3, -0.25) is 0 Å². The molecule has 21 heavy (non-hydrogen) atoms. The molecule has 0 saturated carbocycles. The highest BCUT2D eigenvalue weighted by Gasteiger charge is 2.29. The fraction of sp³-hybridized carbons (Fsp3) is 0.800. The molecule has 2 aliphatic heterocycles. The first-order chi connectivity index (χ1) is 10.1. The minimum atomic E-state index is -0.181. The fourth-order valence-electron chi connectivity index (χ4n) is 2.82. The third-order valence-electron chi connectivity index (χ3n) is 3.88. The van der Waals surface area contributed by atoms with Crippen LogP contribution in [-0.4, -0.2) is 53.9 Å². The minimum Gasteiger partial charge on any atom is -0.381 e. The monoisotopic (exact) mass is 312 g/mol. The molecule has 0 amide bonds. The van der Waals surface area contributed by atoms with Crippen LogP contribution in [0.5, 0.6) is 0 Å². The molecule has 0 radical (unpaired) electrons. The zero-order chi connectivity index (χ0) is 14.7. The number of aromatic amines is 1. The van der Waals surface area contributed by atoms with Gasteiger partial charge in [0.2, 0.25) is 0 Å². The Morgan fingerprint density at radius 2 is 2.14 bits per heavy atom. The Labute approximate surface area is 130 Å². The molecule has 1 aromatic heterocycles. The summed E-state index contributed by atoms with van der Waals surface area (Å²) < 4.78 is 17.0. The molecule has 0 aromatic carbocycles. The number of hydrogen-bond acceptors (Lipinski definition) is 5. The van der Waals surface area contributed by atoms with E-state index >= 15 is 0 Å². The molecule has 118 valence electrons. The van der Waals surface area contributed by atoms with Gasteiger partial charge in [-0.15, -0.1) is 0 Å². The summed E-state index contributed by atoms with van der Waals surface area (Å²) in [5.41, 5.74) is 1.06. The number of imidazole rings is 1. The zero-order valence-corrected chi connectivity index (χ0v) is 13.6. The summed E-state index contributed by atoms with van der Waals surface area (Å²) in [6.07, 6.45) is 4.27. The number of rotatable bonds is 4. The van der Waals surface area contributed by atoms with Crippen molar-refractivity contribution in [3.05, 3.63) is 11.9 Å². The van der Waals surface area contributed by atoms with Crippen molar-refractivity contribution in [2.45, 2.75) is 49.5 Å². The Balaban J connectivity index is 1.50. The number of ether oxygens (including phenoxy) is 3. The van der Waals surface area contributed by atoms with Crippen molar-refractivity contribution in [3.63, 3.8) is 0 Å². The molecule has 0 aliphatic carbocycles. The molecule has 0 bridgehead atoms. The number of H-pyrrole nitrogens is 1. The molecule has 1 atom stereocenters. The van der Waals surface area contributed by atoms with Gasteiger partial charge in [0.15, 0.2) is 5.16 Å². The van der Waals surface area contributed by atoms with Crippen LogP contribution in [0, 0.1) is 0 Å². The highest BCUT2D eigenvalue weighted by atomic mass is 32.2. The Kier molecular flexibility index (Phi) is 4.88. The van der Waals surface area contributed by atoms with Crippen LogP contribution in [0.15, 0.2) is 11.4 Å². The van der Waals surface area contributed by atoms with Crippen molar-refractivity contribution in [2.75, 3.05) is 32.2 Å². The van der Waals surface area contributed by atoms with Crippen LogP contribution in [-0.2, 0) is 14.2 Å². The summed E-state index contributed by atoms with van der Waals surface area (Å²) in [5.74, 6) is 1.43. The Morgan fingerprint density at radius 3 is 2.90 bits per heavy atom. The van der Waals surface area contributed by atoms with Crippen LogP contribution in [0.2, 0.25) is 0 Å². The van der Waals surface area contributed by atoms with Crippen molar-refractivity contribution in [2.24, 2.45) is 0 Å². The molecule has 1 aromatic rings. The first-order valence-electron chi connectivity index (χ1n) is 7.63. The standard InChI is InChI=1S/C15H24N2O3S/c1-15(2)10-19-8-12(20-15)9-21-14-16-7-13(17-14)11-3-5-18-6-4-11/h7,11-12H,3-6,8-10H2,1-2H3,(H,16,17). The maximum Gasteiger partial charge on any atom is 0.165 e. The van der Waals surface area contributed by atoms with Crippen LogP contribution >= 0.6 is 11.8 Å². The second-order valence-electron chi connectivity index (χ2n) is 6.36. The van der Waals surface area contributed by atoms with E-state index in [-0.39, 0.29) is 11.7 Å². The summed E-state index contributed by atoms with van der Waals surface area (Å²) in [6.45, 7) is 7.19. The van der Waals surface area contributed by atoms with Gasteiger partial charge in [-0.1, -0.05) is 11.8 Å². The second kappa shape index (κ2) is 6.69. The first-order valence-corrected chi connectivity index (χ1v) is 8.62. The van der Waals surface area contributed by atoms with E-state index in [1.807, 2.05) is 6.20 Å². The third kappa shape index (κ3) is 4.22. The lowest BCUT2D eigenvalue weighted by Gasteiger charge is -2.35. The van der Waals surface area contributed by atoms with Gasteiger partial charge in [-0.25, -0.2) is 4.98 Å². The molecule has 0 spiro atoms. The summed E-state index contributed by atoms with van der Waals surface area (Å²) in [4.78, 5) is 7.93. The van der Waals surface area contributed by atoms with Crippen LogP contribution < -0.4 is 0 Å². The third-order valence-corrected chi connectivity index (χ3v) is 4.90. The van der Waals surface area contributed by atoms with Crippen LogP contribution in [0.3, 0.4) is 0 Å². The number of nitrogens with zero attached hydrogens (tertiary/aromatic N) is 1. The second-order valence-corrected chi connectivity index (χ2v) is 7.36. The van der Waals surface area contributed by atoms with E-state index in [9.17, 15) is 0 Å². The van der Waals surface area contributed by atoms with Gasteiger partial charge in [0.1, 0.15) is 0 Å². The average Bonchev–Trinajstić information content (AvgIpc) is 2.94. The van der Waals surface area contributed by atoms with E-state index in [1.165, 1.54) is 5.69 Å². The van der Waals surface area contributed by atoms with Gasteiger partial charge in [0.05, 0.1) is 24.9 Å². The Hall–Kier alpha value is -0.560. The summed E-state index contributed by atoms with van der Waals surface area (Å²) in [6, 6.07) is 0. The van der Waals surface area contributed by atoms with Crippen LogP contribution in [0.1, 0.15) is 38.3 Å². The van der Waals surface area contributed by atoms with Crippen molar-refractivity contribution in [1.29, 1.82) is 0 Å². The van der Waals surface area contributed by atoms with E-state index in [4.69, 9.17) is 14.2 Å². The topological polar surface area (TPSA) is 56.4 Å². The van der Waals surface area contributed by atoms with Crippen molar-refractivity contribution in [1.82, 2.24) is 9.97 Å². The van der Waals surface area contributed by atoms with Crippen molar-refractivity contribution < 1.29 is 14.2 Å². The lowest BCUT2D eigenvalue weighted by atomic mass is 9.97. The van der Waals surface area contributed by atoms with Gasteiger partial charge in [0.25, 0.3) is 0 Å². The smallest absolute Gasteiger partial charge is 0.165 e. The normalized spacial score (nSPS) is 26.9. The van der Waals surface area contributed by atoms with Gasteiger partial charge in [-0.2, -0.15) is 0 Å². The largest absolute Gasteiger partial charge is 0.381 e. The Bertz CT molecular complexity index is 458. The molecule has 1 N–H and O–H groups in total. The quantitative estimate of drug-likeness (QED) is 0.866. The van der Waals surface area contributed by atoms with E-state index in [1.54, 1.807) is 11.8 Å². The minimum absolute atomic E-state index is 0.135. The summed E-state index contributed by atoms with van der Waals surface area (Å²) in [5, 5.41) is 0.975. The highest BCUT2D eigenvalue weighted by Crippen LogP contribution is 2.28. The Morgan fingerprint density at radius 1 is 1.33 bits per heavy atom. The SMILES string of the molecule is CC1(C)COCC(CSc2ncc(C3CCOCC3)[nH]2)O1. The average molecular weight is 312 g/mol. The van der Waals surface area contributed by atoms with Crippen LogP contribution in [0.25, 0.3) is 0 Å². The van der Waals surface area contributed by atoms with Crippen LogP contribution in [0.4, 0.5) is 0 Å². The van der Waals surface area contributed by atoms with Crippen molar-refractivity contribution in [3.8, 4) is 0 Å². The molecular formula is C15H24N2O3S. The lowest BCUT2D eigenvalue weighted by Crippen LogP contribution is -2.44. The van der Waals surface area contributed by atoms with Gasteiger partial charge >= 0.3 is 0 Å². The number of hydrogen-bond donors (Lipinski definition) is 1. The van der Waals surface area contributed by atoms with E-state index in [2.05, 4.69) is 23.8 Å². The van der Waals surface area contributed by atoms with E-state index in [0.717, 1.165) is 37.0 Å². The maximum absolute atomic E-state index is 6.01. The van der Waals surface area contributed by atoms with Gasteiger partial charge < -0.3 is 19.2 Å². The van der Waals surface area contributed by atoms with Crippen molar-refractivity contribution >= 4 is 11.8 Å². The molecule has 1 unspecified atom stereocenters. The lowest BCUT2D eigenvalue weighted by molar-refractivity contribution is -0.173. The molecule has 2 aliphatic rings. The van der Waals surface area contributed by atoms with Gasteiger partial charge in [-0.05, 0) is 26.7 Å². The van der Waals surface area contributed by atoms with Gasteiger partial charge in [0, 0.05) is 36.8 Å². The first kappa shape index (κ1) is 15.3. The molecular weight excluding hydrogens is 288 g/mol. The van der Waals surface area contributed by atoms with E-state index < -0.39 is 0 Å². The molecule has 6 heteroatoms. The predicted molar refractivity (Wildman–Crippen MR) is 81.9 cm³/mol. The number of thioether (sulfide) groups is 1. The molecule has 3 heterocycles. The maximum atomic E-state index is 6.01. The zero-order valence-electron chi connectivity index (χ0n) is 12.8. The molecule has 2 fully saturated rings. The molecule has 5 nitrogen and oxygen atoms in total. The fourth-order valence-corrected chi connectivity index (χ4v) is 3.64. The molecule has 3 rings (SSSR count). The summed E-state index contributed by atoms with van der Waals surface area (Å²) >= 11 is 1.71. The van der Waals surface area contributed by atoms with E-state index in [0.29, 0.717) is 19.1 Å². The predicted octanol–water partition coefficient (Wildman–Crippen LogP) is 2.59.